The van der Waals surface area contributed by atoms with E-state index in [2.05, 4.69) is 15.3 Å². The van der Waals surface area contributed by atoms with Gasteiger partial charge in [-0.15, -0.1) is 0 Å². The van der Waals surface area contributed by atoms with Crippen LogP contribution in [0, 0.1) is 0 Å². The molecule has 2 aromatic heterocycles. The first-order valence-corrected chi connectivity index (χ1v) is 6.11. The number of rotatable bonds is 5. The average molecular weight is 256 g/mol. The quantitative estimate of drug-likeness (QED) is 0.833. The minimum absolute atomic E-state index is 0.121. The molecule has 0 aliphatic rings. The molecule has 0 aromatic carbocycles. The second-order valence-electron chi connectivity index (χ2n) is 4.12. The molecule has 0 fully saturated rings. The SMILES string of the molecule is NCCc1cc(C(=O)NCc2cccnc2)ccn1. The van der Waals surface area contributed by atoms with Crippen LogP contribution in [0.25, 0.3) is 0 Å². The van der Waals surface area contributed by atoms with Crippen LogP contribution in [0.5, 0.6) is 0 Å². The Labute approximate surface area is 111 Å². The fraction of sp³-hybridized carbons (Fsp3) is 0.214. The van der Waals surface area contributed by atoms with Gasteiger partial charge in [0, 0.05) is 42.8 Å². The zero-order chi connectivity index (χ0) is 13.5. The molecule has 0 unspecified atom stereocenters. The first-order valence-electron chi connectivity index (χ1n) is 6.11. The number of nitrogens with two attached hydrogens (primary N) is 1. The number of amides is 1. The summed E-state index contributed by atoms with van der Waals surface area (Å²) in [6, 6.07) is 7.22. The predicted octanol–water partition coefficient (Wildman–Crippen LogP) is 0.908. The maximum absolute atomic E-state index is 12.0. The lowest BCUT2D eigenvalue weighted by atomic mass is 10.2. The number of aromatic nitrogens is 2. The van der Waals surface area contributed by atoms with Crippen molar-refractivity contribution in [2.75, 3.05) is 6.54 Å². The highest BCUT2D eigenvalue weighted by molar-refractivity contribution is 5.94. The van der Waals surface area contributed by atoms with Crippen LogP contribution in [0.1, 0.15) is 21.6 Å². The summed E-state index contributed by atoms with van der Waals surface area (Å²) in [5, 5.41) is 2.85. The second-order valence-corrected chi connectivity index (χ2v) is 4.12. The monoisotopic (exact) mass is 256 g/mol. The molecule has 0 radical (unpaired) electrons. The zero-order valence-electron chi connectivity index (χ0n) is 10.5. The van der Waals surface area contributed by atoms with E-state index >= 15 is 0 Å². The van der Waals surface area contributed by atoms with Gasteiger partial charge >= 0.3 is 0 Å². The summed E-state index contributed by atoms with van der Waals surface area (Å²) in [6.07, 6.45) is 5.73. The van der Waals surface area contributed by atoms with Crippen molar-refractivity contribution in [3.8, 4) is 0 Å². The molecular formula is C14H16N4O. The maximum Gasteiger partial charge on any atom is 0.251 e. The van der Waals surface area contributed by atoms with Crippen molar-refractivity contribution in [2.45, 2.75) is 13.0 Å². The normalized spacial score (nSPS) is 10.2. The molecule has 0 saturated carbocycles. The lowest BCUT2D eigenvalue weighted by Crippen LogP contribution is -2.23. The van der Waals surface area contributed by atoms with Crippen molar-refractivity contribution >= 4 is 5.91 Å². The molecule has 0 aliphatic carbocycles. The number of hydrogen-bond donors (Lipinski definition) is 2. The van der Waals surface area contributed by atoms with E-state index in [1.165, 1.54) is 0 Å². The molecule has 3 N–H and O–H groups in total. The van der Waals surface area contributed by atoms with Crippen molar-refractivity contribution in [1.82, 2.24) is 15.3 Å². The Kier molecular flexibility index (Phi) is 4.58. The van der Waals surface area contributed by atoms with E-state index in [1.807, 2.05) is 12.1 Å². The van der Waals surface area contributed by atoms with Gasteiger partial charge in [-0.1, -0.05) is 6.07 Å². The first-order chi connectivity index (χ1) is 9.29. The zero-order valence-corrected chi connectivity index (χ0v) is 10.5. The Morgan fingerprint density at radius 1 is 1.32 bits per heavy atom. The Balaban J connectivity index is 1.98. The molecule has 0 aliphatic heterocycles. The summed E-state index contributed by atoms with van der Waals surface area (Å²) in [5.74, 6) is -0.121. The lowest BCUT2D eigenvalue weighted by molar-refractivity contribution is 0.0950. The number of carbonyl (C=O) groups is 1. The van der Waals surface area contributed by atoms with Gasteiger partial charge in [-0.3, -0.25) is 14.8 Å². The van der Waals surface area contributed by atoms with Gasteiger partial charge in [0.05, 0.1) is 0 Å². The highest BCUT2D eigenvalue weighted by Gasteiger charge is 2.06. The molecule has 5 nitrogen and oxygen atoms in total. The van der Waals surface area contributed by atoms with Gasteiger partial charge in [0.15, 0.2) is 0 Å². The molecule has 0 atom stereocenters. The summed E-state index contributed by atoms with van der Waals surface area (Å²) >= 11 is 0. The van der Waals surface area contributed by atoms with Gasteiger partial charge in [-0.2, -0.15) is 0 Å². The van der Waals surface area contributed by atoms with Gasteiger partial charge < -0.3 is 11.1 Å². The number of nitrogens with one attached hydrogen (secondary N) is 1. The summed E-state index contributed by atoms with van der Waals surface area (Å²) < 4.78 is 0. The van der Waals surface area contributed by atoms with Crippen molar-refractivity contribution in [1.29, 1.82) is 0 Å². The molecule has 2 aromatic rings. The van der Waals surface area contributed by atoms with Crippen LogP contribution < -0.4 is 11.1 Å². The smallest absolute Gasteiger partial charge is 0.251 e. The third kappa shape index (κ3) is 3.86. The van der Waals surface area contributed by atoms with E-state index in [0.29, 0.717) is 25.1 Å². The predicted molar refractivity (Wildman–Crippen MR) is 72.4 cm³/mol. The van der Waals surface area contributed by atoms with Crippen LogP contribution in [-0.4, -0.2) is 22.4 Å². The van der Waals surface area contributed by atoms with Crippen molar-refractivity contribution in [2.24, 2.45) is 5.73 Å². The number of hydrogen-bond acceptors (Lipinski definition) is 4. The second kappa shape index (κ2) is 6.61. The van der Waals surface area contributed by atoms with Crippen molar-refractivity contribution in [3.63, 3.8) is 0 Å². The maximum atomic E-state index is 12.0. The van der Waals surface area contributed by atoms with Crippen LogP contribution in [0.15, 0.2) is 42.9 Å². The van der Waals surface area contributed by atoms with Gasteiger partial charge in [-0.25, -0.2) is 0 Å². The Morgan fingerprint density at radius 3 is 2.95 bits per heavy atom. The first kappa shape index (κ1) is 13.2. The van der Waals surface area contributed by atoms with E-state index in [4.69, 9.17) is 5.73 Å². The number of carbonyl (C=O) groups excluding carboxylic acids is 1. The van der Waals surface area contributed by atoms with Crippen LogP contribution >= 0.6 is 0 Å². The van der Waals surface area contributed by atoms with Gasteiger partial charge in [0.25, 0.3) is 5.91 Å². The number of nitrogens with zero attached hydrogens (tertiary/aromatic N) is 2. The molecule has 0 bridgehead atoms. The van der Waals surface area contributed by atoms with E-state index in [-0.39, 0.29) is 5.91 Å². The molecule has 0 saturated heterocycles. The van der Waals surface area contributed by atoms with Crippen LogP contribution in [0.4, 0.5) is 0 Å². The molecule has 98 valence electrons. The summed E-state index contributed by atoms with van der Waals surface area (Å²) in [5.41, 5.74) is 7.87. The van der Waals surface area contributed by atoms with Gasteiger partial charge in [0.2, 0.25) is 0 Å². The summed E-state index contributed by atoms with van der Waals surface area (Å²) in [6.45, 7) is 0.981. The van der Waals surface area contributed by atoms with Crippen LogP contribution in [0.3, 0.4) is 0 Å². The Hall–Kier alpha value is -2.27. The Bertz CT molecular complexity index is 542. The van der Waals surface area contributed by atoms with E-state index in [1.54, 1.807) is 30.7 Å². The van der Waals surface area contributed by atoms with Gasteiger partial charge in [-0.05, 0) is 30.3 Å². The lowest BCUT2D eigenvalue weighted by Gasteiger charge is -2.06. The molecule has 0 spiro atoms. The number of pyridine rings is 2. The third-order valence-corrected chi connectivity index (χ3v) is 2.66. The van der Waals surface area contributed by atoms with Crippen molar-refractivity contribution < 1.29 is 4.79 Å². The van der Waals surface area contributed by atoms with Crippen LogP contribution in [-0.2, 0) is 13.0 Å². The Morgan fingerprint density at radius 2 is 2.21 bits per heavy atom. The van der Waals surface area contributed by atoms with E-state index < -0.39 is 0 Å². The fourth-order valence-corrected chi connectivity index (χ4v) is 1.69. The standard InChI is InChI=1S/C14H16N4O/c15-5-3-13-8-12(4-7-17-13)14(19)18-10-11-2-1-6-16-9-11/h1-2,4,6-9H,3,5,10,15H2,(H,18,19). The average Bonchev–Trinajstić information content (AvgIpc) is 2.46. The van der Waals surface area contributed by atoms with Crippen LogP contribution in [0.2, 0.25) is 0 Å². The molecular weight excluding hydrogens is 240 g/mol. The minimum Gasteiger partial charge on any atom is -0.348 e. The molecule has 2 heterocycles. The summed E-state index contributed by atoms with van der Waals surface area (Å²) in [4.78, 5) is 20.1. The molecule has 2 rings (SSSR count). The topological polar surface area (TPSA) is 80.9 Å². The highest BCUT2D eigenvalue weighted by Crippen LogP contribution is 2.03. The molecule has 19 heavy (non-hydrogen) atoms. The molecule has 1 amide bonds. The van der Waals surface area contributed by atoms with Crippen molar-refractivity contribution in [3.05, 3.63) is 59.7 Å². The largest absolute Gasteiger partial charge is 0.348 e. The van der Waals surface area contributed by atoms with E-state index in [9.17, 15) is 4.79 Å². The third-order valence-electron chi connectivity index (χ3n) is 2.66. The van der Waals surface area contributed by atoms with E-state index in [0.717, 1.165) is 11.3 Å². The highest BCUT2D eigenvalue weighted by atomic mass is 16.1. The molecule has 5 heteroatoms. The fourth-order valence-electron chi connectivity index (χ4n) is 1.69. The summed E-state index contributed by atoms with van der Waals surface area (Å²) in [7, 11) is 0. The minimum atomic E-state index is -0.121. The van der Waals surface area contributed by atoms with Gasteiger partial charge in [0.1, 0.15) is 0 Å².